The van der Waals surface area contributed by atoms with Gasteiger partial charge in [0.15, 0.2) is 5.12 Å². The van der Waals surface area contributed by atoms with Gasteiger partial charge in [-0.2, -0.15) is 0 Å². The van der Waals surface area contributed by atoms with Crippen molar-refractivity contribution in [1.82, 2.24) is 0 Å². The molecule has 1 aromatic carbocycles. The largest absolute Gasteiger partial charge is 0.507 e. The minimum Gasteiger partial charge on any atom is -0.507 e. The Labute approximate surface area is 210 Å². The van der Waals surface area contributed by atoms with Gasteiger partial charge in [0.05, 0.1) is 0 Å². The van der Waals surface area contributed by atoms with E-state index in [4.69, 9.17) is 0 Å². The Balaban J connectivity index is 2.63. The molecule has 33 heavy (non-hydrogen) atoms. The van der Waals surface area contributed by atoms with Crippen LogP contribution in [0.5, 0.6) is 5.75 Å². The summed E-state index contributed by atoms with van der Waals surface area (Å²) in [5.41, 5.74) is 2.75. The van der Waals surface area contributed by atoms with E-state index in [-0.39, 0.29) is 21.9 Å². The highest BCUT2D eigenvalue weighted by molar-refractivity contribution is 7.96. The standard InChI is InChI=1S/C30H52O2S/c1-8-9-10-11-12-13-14-15-16-17-18-19-24(28(32)33)20-23-21-25(29(2,3)4)27(31)26(22-23)30(5,6)7/h21-22,24,31H,8-20H2,1-7H3,(H,32,33). The van der Waals surface area contributed by atoms with Crippen molar-refractivity contribution >= 4 is 17.7 Å². The third kappa shape index (κ3) is 11.3. The number of aromatic hydroxyl groups is 1. The second kappa shape index (κ2) is 14.4. The number of thiol groups is 1. The van der Waals surface area contributed by atoms with Crippen LogP contribution in [0.2, 0.25) is 0 Å². The molecular formula is C30H52O2S. The minimum absolute atomic E-state index is 0.00947. The average molecular weight is 477 g/mol. The van der Waals surface area contributed by atoms with Gasteiger partial charge in [-0.3, -0.25) is 4.79 Å². The van der Waals surface area contributed by atoms with E-state index in [1.54, 1.807) is 0 Å². The molecular weight excluding hydrogens is 424 g/mol. The van der Waals surface area contributed by atoms with Crippen LogP contribution in [0.3, 0.4) is 0 Å². The minimum atomic E-state index is -0.156. The van der Waals surface area contributed by atoms with Gasteiger partial charge in [0.1, 0.15) is 5.75 Å². The van der Waals surface area contributed by atoms with E-state index in [1.165, 1.54) is 64.2 Å². The van der Waals surface area contributed by atoms with E-state index in [9.17, 15) is 9.90 Å². The molecule has 1 N–H and O–H groups in total. The number of hydrogen-bond acceptors (Lipinski definition) is 2. The van der Waals surface area contributed by atoms with Crippen LogP contribution in [0.15, 0.2) is 12.1 Å². The highest BCUT2D eigenvalue weighted by Gasteiger charge is 2.27. The molecule has 0 aromatic heterocycles. The smallest absolute Gasteiger partial charge is 0.189 e. The van der Waals surface area contributed by atoms with E-state index < -0.39 is 0 Å². The van der Waals surface area contributed by atoms with Gasteiger partial charge in [-0.05, 0) is 40.4 Å². The number of benzene rings is 1. The van der Waals surface area contributed by atoms with Gasteiger partial charge in [0.25, 0.3) is 0 Å². The number of rotatable bonds is 15. The Kier molecular flexibility index (Phi) is 13.2. The summed E-state index contributed by atoms with van der Waals surface area (Å²) in [5, 5.41) is 11.0. The molecule has 1 aromatic rings. The van der Waals surface area contributed by atoms with E-state index in [0.717, 1.165) is 29.5 Å². The Morgan fingerprint density at radius 1 is 0.788 bits per heavy atom. The molecule has 0 bridgehead atoms. The molecule has 0 aliphatic rings. The van der Waals surface area contributed by atoms with Crippen LogP contribution in [-0.4, -0.2) is 10.2 Å². The van der Waals surface area contributed by atoms with Crippen molar-refractivity contribution < 1.29 is 9.90 Å². The molecule has 3 heteroatoms. The Morgan fingerprint density at radius 3 is 1.55 bits per heavy atom. The summed E-state index contributed by atoms with van der Waals surface area (Å²) >= 11 is 4.23. The lowest BCUT2D eigenvalue weighted by Gasteiger charge is -2.28. The van der Waals surface area contributed by atoms with E-state index >= 15 is 0 Å². The maximum Gasteiger partial charge on any atom is 0.189 e. The van der Waals surface area contributed by atoms with Gasteiger partial charge in [0, 0.05) is 5.92 Å². The van der Waals surface area contributed by atoms with Crippen LogP contribution in [0.4, 0.5) is 0 Å². The van der Waals surface area contributed by atoms with Crippen molar-refractivity contribution in [2.24, 2.45) is 5.92 Å². The topological polar surface area (TPSA) is 37.3 Å². The summed E-state index contributed by atoms with van der Waals surface area (Å²) in [6, 6.07) is 4.21. The lowest BCUT2D eigenvalue weighted by molar-refractivity contribution is -0.114. The number of carbonyl (C=O) groups excluding carboxylic acids is 1. The fourth-order valence-electron chi connectivity index (χ4n) is 4.61. The zero-order valence-electron chi connectivity index (χ0n) is 22.7. The van der Waals surface area contributed by atoms with E-state index in [1.807, 2.05) is 0 Å². The van der Waals surface area contributed by atoms with Crippen molar-refractivity contribution in [3.8, 4) is 5.75 Å². The third-order valence-electron chi connectivity index (χ3n) is 6.77. The molecule has 0 aliphatic carbocycles. The molecule has 0 saturated heterocycles. The van der Waals surface area contributed by atoms with Crippen LogP contribution in [0, 0.1) is 5.92 Å². The first-order chi connectivity index (χ1) is 15.4. The second-order valence-corrected chi connectivity index (χ2v) is 12.5. The first-order valence-corrected chi connectivity index (χ1v) is 13.9. The molecule has 0 heterocycles. The summed E-state index contributed by atoms with van der Waals surface area (Å²) in [6.07, 6.45) is 16.1. The van der Waals surface area contributed by atoms with E-state index in [0.29, 0.717) is 12.2 Å². The highest BCUT2D eigenvalue weighted by Crippen LogP contribution is 2.40. The number of phenolic OH excluding ortho intramolecular Hbond substituents is 1. The van der Waals surface area contributed by atoms with Gasteiger partial charge < -0.3 is 5.11 Å². The number of phenols is 1. The van der Waals surface area contributed by atoms with Crippen molar-refractivity contribution in [2.45, 2.75) is 143 Å². The zero-order valence-corrected chi connectivity index (χ0v) is 23.6. The Bertz CT molecular complexity index is 674. The molecule has 190 valence electrons. The van der Waals surface area contributed by atoms with Crippen LogP contribution < -0.4 is 0 Å². The molecule has 0 saturated carbocycles. The van der Waals surface area contributed by atoms with Crippen molar-refractivity contribution in [2.75, 3.05) is 0 Å². The summed E-state index contributed by atoms with van der Waals surface area (Å²) < 4.78 is 0. The molecule has 0 fully saturated rings. The molecule has 1 unspecified atom stereocenters. The Hall–Kier alpha value is -0.960. The summed E-state index contributed by atoms with van der Waals surface area (Å²) in [5.74, 6) is 0.343. The molecule has 0 amide bonds. The Morgan fingerprint density at radius 2 is 1.18 bits per heavy atom. The summed E-state index contributed by atoms with van der Waals surface area (Å²) in [4.78, 5) is 12.3. The van der Waals surface area contributed by atoms with Gasteiger partial charge in [-0.25, -0.2) is 0 Å². The normalized spacial score (nSPS) is 13.3. The van der Waals surface area contributed by atoms with Gasteiger partial charge in [-0.15, -0.1) is 12.6 Å². The quantitative estimate of drug-likeness (QED) is 0.195. The summed E-state index contributed by atoms with van der Waals surface area (Å²) in [7, 11) is 0. The summed E-state index contributed by atoms with van der Waals surface area (Å²) in [6.45, 7) is 15.0. The van der Waals surface area contributed by atoms with Crippen LogP contribution >= 0.6 is 12.6 Å². The second-order valence-electron chi connectivity index (χ2n) is 12.1. The van der Waals surface area contributed by atoms with Crippen LogP contribution in [0.25, 0.3) is 0 Å². The number of unbranched alkanes of at least 4 members (excludes halogenated alkanes) is 10. The predicted molar refractivity (Wildman–Crippen MR) is 148 cm³/mol. The number of carbonyl (C=O) groups is 1. The molecule has 0 aliphatic heterocycles. The molecule has 1 atom stereocenters. The van der Waals surface area contributed by atoms with E-state index in [2.05, 4.69) is 73.2 Å². The predicted octanol–water partition coefficient (Wildman–Crippen LogP) is 9.30. The lowest BCUT2D eigenvalue weighted by atomic mass is 9.77. The highest BCUT2D eigenvalue weighted by atomic mass is 32.1. The zero-order chi connectivity index (χ0) is 25.1. The SMILES string of the molecule is CCCCCCCCCCCCCC(Cc1cc(C(C)(C)C)c(O)c(C(C)(C)C)c1)C(=O)S. The first-order valence-electron chi connectivity index (χ1n) is 13.5. The fraction of sp³-hybridized carbons (Fsp3) is 0.767. The van der Waals surface area contributed by atoms with Gasteiger partial charge in [0.2, 0.25) is 0 Å². The van der Waals surface area contributed by atoms with Crippen molar-refractivity contribution in [1.29, 1.82) is 0 Å². The fourth-order valence-corrected chi connectivity index (χ4v) is 4.83. The molecule has 0 spiro atoms. The molecule has 0 radical (unpaired) electrons. The number of hydrogen-bond donors (Lipinski definition) is 2. The van der Waals surface area contributed by atoms with Gasteiger partial charge >= 0.3 is 0 Å². The van der Waals surface area contributed by atoms with Gasteiger partial charge in [-0.1, -0.05) is 131 Å². The average Bonchev–Trinajstić information content (AvgIpc) is 2.70. The maximum absolute atomic E-state index is 12.3. The van der Waals surface area contributed by atoms with Crippen molar-refractivity contribution in [3.63, 3.8) is 0 Å². The van der Waals surface area contributed by atoms with Crippen LogP contribution in [-0.2, 0) is 22.0 Å². The molecule has 2 nitrogen and oxygen atoms in total. The van der Waals surface area contributed by atoms with Crippen LogP contribution in [0.1, 0.15) is 142 Å². The first kappa shape index (κ1) is 30.1. The third-order valence-corrected chi connectivity index (χ3v) is 7.14. The molecule has 1 rings (SSSR count). The van der Waals surface area contributed by atoms with Crippen molar-refractivity contribution in [3.05, 3.63) is 28.8 Å². The maximum atomic E-state index is 12.3. The lowest BCUT2D eigenvalue weighted by Crippen LogP contribution is -2.19. The monoisotopic (exact) mass is 476 g/mol.